The van der Waals surface area contributed by atoms with Crippen molar-refractivity contribution in [2.24, 2.45) is 0 Å². The summed E-state index contributed by atoms with van der Waals surface area (Å²) in [6.45, 7) is 7.18. The maximum atomic E-state index is 13.0. The maximum absolute atomic E-state index is 13.0. The van der Waals surface area contributed by atoms with Crippen LogP contribution in [0, 0.1) is 5.82 Å². The van der Waals surface area contributed by atoms with E-state index in [0.717, 1.165) is 38.2 Å². The van der Waals surface area contributed by atoms with Crippen molar-refractivity contribution in [3.8, 4) is 0 Å². The van der Waals surface area contributed by atoms with Crippen LogP contribution in [0.1, 0.15) is 20.3 Å². The minimum absolute atomic E-state index is 0. The SMILES string of the molecule is CCN(CC)CCCNS(=O)(=O)c1ccc(F)c(Cl)c1.Cl. The molecule has 0 aliphatic carbocycles. The number of halogens is 3. The smallest absolute Gasteiger partial charge is 0.240 e. The second-order valence-electron chi connectivity index (χ2n) is 4.35. The van der Waals surface area contributed by atoms with E-state index in [4.69, 9.17) is 11.6 Å². The highest BCUT2D eigenvalue weighted by atomic mass is 35.5. The average Bonchev–Trinajstić information content (AvgIpc) is 2.42. The van der Waals surface area contributed by atoms with E-state index in [1.807, 2.05) is 0 Å². The highest BCUT2D eigenvalue weighted by Crippen LogP contribution is 2.19. The van der Waals surface area contributed by atoms with Gasteiger partial charge < -0.3 is 4.90 Å². The minimum Gasteiger partial charge on any atom is -0.304 e. The Morgan fingerprint density at radius 1 is 1.29 bits per heavy atom. The molecular weight excluding hydrogens is 338 g/mol. The van der Waals surface area contributed by atoms with Crippen LogP contribution >= 0.6 is 24.0 Å². The van der Waals surface area contributed by atoms with Gasteiger partial charge >= 0.3 is 0 Å². The van der Waals surface area contributed by atoms with Gasteiger partial charge in [-0.25, -0.2) is 17.5 Å². The number of benzene rings is 1. The van der Waals surface area contributed by atoms with Crippen molar-refractivity contribution in [1.29, 1.82) is 0 Å². The number of rotatable bonds is 8. The average molecular weight is 359 g/mol. The van der Waals surface area contributed by atoms with E-state index in [1.54, 1.807) is 0 Å². The Balaban J connectivity index is 0.00000400. The van der Waals surface area contributed by atoms with Crippen LogP contribution in [0.3, 0.4) is 0 Å². The molecule has 0 fully saturated rings. The number of hydrogen-bond acceptors (Lipinski definition) is 3. The van der Waals surface area contributed by atoms with Crippen LogP contribution in [-0.2, 0) is 10.0 Å². The Kier molecular flexibility index (Phi) is 9.40. The molecule has 0 unspecified atom stereocenters. The molecule has 0 amide bonds. The van der Waals surface area contributed by atoms with Crippen LogP contribution < -0.4 is 4.72 Å². The van der Waals surface area contributed by atoms with Gasteiger partial charge in [0.15, 0.2) is 0 Å². The van der Waals surface area contributed by atoms with Gasteiger partial charge in [0.25, 0.3) is 0 Å². The van der Waals surface area contributed by atoms with Gasteiger partial charge in [0, 0.05) is 6.54 Å². The molecule has 1 aromatic carbocycles. The van der Waals surface area contributed by atoms with Crippen LogP contribution in [0.5, 0.6) is 0 Å². The predicted octanol–water partition coefficient (Wildman–Crippen LogP) is 2.91. The summed E-state index contributed by atoms with van der Waals surface area (Å²) < 4.78 is 39.4. The van der Waals surface area contributed by atoms with Crippen LogP contribution in [0.2, 0.25) is 5.02 Å². The molecule has 0 spiro atoms. The molecule has 4 nitrogen and oxygen atoms in total. The Labute approximate surface area is 137 Å². The number of nitrogens with zero attached hydrogens (tertiary/aromatic N) is 1. The van der Waals surface area contributed by atoms with Gasteiger partial charge in [0.2, 0.25) is 10.0 Å². The molecule has 0 saturated heterocycles. The second kappa shape index (κ2) is 9.58. The standard InChI is InChI=1S/C13H20ClFN2O2S.ClH/c1-3-17(4-2)9-5-8-16-20(18,19)11-6-7-13(15)12(14)10-11;/h6-7,10,16H,3-5,8-9H2,1-2H3;1H. The molecule has 0 aliphatic heterocycles. The molecule has 122 valence electrons. The normalized spacial score (nSPS) is 11.5. The molecule has 1 aromatic rings. The van der Waals surface area contributed by atoms with E-state index in [9.17, 15) is 12.8 Å². The lowest BCUT2D eigenvalue weighted by atomic mass is 10.3. The lowest BCUT2D eigenvalue weighted by Crippen LogP contribution is -2.30. The van der Waals surface area contributed by atoms with Gasteiger partial charge in [-0.1, -0.05) is 25.4 Å². The monoisotopic (exact) mass is 358 g/mol. The van der Waals surface area contributed by atoms with Gasteiger partial charge in [-0.05, 0) is 44.3 Å². The number of nitrogens with one attached hydrogen (secondary N) is 1. The summed E-state index contributed by atoms with van der Waals surface area (Å²) in [6, 6.07) is 3.37. The van der Waals surface area contributed by atoms with E-state index in [2.05, 4.69) is 23.5 Å². The Hall–Kier alpha value is -0.400. The zero-order valence-electron chi connectivity index (χ0n) is 12.1. The Morgan fingerprint density at radius 3 is 2.43 bits per heavy atom. The lowest BCUT2D eigenvalue weighted by molar-refractivity contribution is 0.300. The highest BCUT2D eigenvalue weighted by Gasteiger charge is 2.15. The minimum atomic E-state index is -3.63. The molecule has 0 bridgehead atoms. The Morgan fingerprint density at radius 2 is 1.90 bits per heavy atom. The van der Waals surface area contributed by atoms with Crippen molar-refractivity contribution >= 4 is 34.0 Å². The zero-order valence-corrected chi connectivity index (χ0v) is 14.5. The van der Waals surface area contributed by atoms with Crippen molar-refractivity contribution in [2.75, 3.05) is 26.2 Å². The zero-order chi connectivity index (χ0) is 15.2. The summed E-state index contributed by atoms with van der Waals surface area (Å²) in [6.07, 6.45) is 0.718. The fraction of sp³-hybridized carbons (Fsp3) is 0.538. The molecule has 1 rings (SSSR count). The molecule has 0 radical (unpaired) electrons. The van der Waals surface area contributed by atoms with Gasteiger partial charge in [0.05, 0.1) is 9.92 Å². The third-order valence-corrected chi connectivity index (χ3v) is 4.79. The number of hydrogen-bond donors (Lipinski definition) is 1. The fourth-order valence-electron chi connectivity index (χ4n) is 1.78. The summed E-state index contributed by atoms with van der Waals surface area (Å²) in [5, 5.41) is -0.198. The first-order chi connectivity index (χ1) is 9.40. The molecular formula is C13H21Cl2FN2O2S. The van der Waals surface area contributed by atoms with Crippen molar-refractivity contribution in [3.05, 3.63) is 29.0 Å². The Bertz CT molecular complexity index is 537. The van der Waals surface area contributed by atoms with Gasteiger partial charge in [-0.15, -0.1) is 12.4 Å². The first kappa shape index (κ1) is 20.6. The first-order valence-corrected chi connectivity index (χ1v) is 8.44. The molecule has 0 aromatic heterocycles. The fourth-order valence-corrected chi connectivity index (χ4v) is 3.12. The van der Waals surface area contributed by atoms with Crippen LogP contribution in [-0.4, -0.2) is 39.5 Å². The first-order valence-electron chi connectivity index (χ1n) is 6.57. The van der Waals surface area contributed by atoms with E-state index in [-0.39, 0.29) is 22.3 Å². The number of sulfonamides is 1. The quantitative estimate of drug-likeness (QED) is 0.726. The molecule has 0 heterocycles. The third kappa shape index (κ3) is 6.48. The van der Waals surface area contributed by atoms with Gasteiger partial charge in [-0.3, -0.25) is 0 Å². The summed E-state index contributed by atoms with van der Waals surface area (Å²) in [5.74, 6) is -0.632. The van der Waals surface area contributed by atoms with Crippen LogP contribution in [0.15, 0.2) is 23.1 Å². The maximum Gasteiger partial charge on any atom is 0.240 e. The summed E-state index contributed by atoms with van der Waals surface area (Å²) in [5.41, 5.74) is 0. The molecule has 0 saturated carbocycles. The lowest BCUT2D eigenvalue weighted by Gasteiger charge is -2.17. The van der Waals surface area contributed by atoms with E-state index < -0.39 is 15.8 Å². The van der Waals surface area contributed by atoms with Crippen LogP contribution in [0.25, 0.3) is 0 Å². The van der Waals surface area contributed by atoms with E-state index >= 15 is 0 Å². The van der Waals surface area contributed by atoms with E-state index in [0.29, 0.717) is 6.54 Å². The molecule has 1 N–H and O–H groups in total. The largest absolute Gasteiger partial charge is 0.304 e. The van der Waals surface area contributed by atoms with Crippen molar-refractivity contribution in [3.63, 3.8) is 0 Å². The van der Waals surface area contributed by atoms with Crippen molar-refractivity contribution < 1.29 is 12.8 Å². The van der Waals surface area contributed by atoms with Crippen molar-refractivity contribution in [2.45, 2.75) is 25.2 Å². The molecule has 21 heavy (non-hydrogen) atoms. The molecule has 8 heteroatoms. The molecule has 0 atom stereocenters. The van der Waals surface area contributed by atoms with Crippen molar-refractivity contribution in [1.82, 2.24) is 9.62 Å². The molecule has 0 aliphatic rings. The van der Waals surface area contributed by atoms with Crippen LogP contribution in [0.4, 0.5) is 4.39 Å². The highest BCUT2D eigenvalue weighted by molar-refractivity contribution is 7.89. The summed E-state index contributed by atoms with van der Waals surface area (Å²) in [4.78, 5) is 2.19. The predicted molar refractivity (Wildman–Crippen MR) is 86.3 cm³/mol. The topological polar surface area (TPSA) is 49.4 Å². The third-order valence-electron chi connectivity index (χ3n) is 3.04. The summed E-state index contributed by atoms with van der Waals surface area (Å²) >= 11 is 5.59. The van der Waals surface area contributed by atoms with Gasteiger partial charge in [-0.2, -0.15) is 0 Å². The second-order valence-corrected chi connectivity index (χ2v) is 6.53. The van der Waals surface area contributed by atoms with E-state index in [1.165, 1.54) is 6.07 Å². The van der Waals surface area contributed by atoms with Gasteiger partial charge in [0.1, 0.15) is 5.82 Å². The summed E-state index contributed by atoms with van der Waals surface area (Å²) in [7, 11) is -3.63.